The monoisotopic (exact) mass is 419 g/mol. The van der Waals surface area contributed by atoms with Gasteiger partial charge >= 0.3 is 0 Å². The molecular formula is C21H21N7O3. The number of hydrogen-bond donors (Lipinski definition) is 3. The number of nitrogens with zero attached hydrogens (tertiary/aromatic N) is 4. The number of nitrogens with one attached hydrogen (secondary N) is 3. The third kappa shape index (κ3) is 4.42. The lowest BCUT2D eigenvalue weighted by atomic mass is 10.1. The Balaban J connectivity index is 1.71. The minimum atomic E-state index is -0.435. The number of rotatable bonds is 7. The van der Waals surface area contributed by atoms with Crippen LogP contribution < -0.4 is 20.7 Å². The molecule has 1 saturated carbocycles. The Kier molecular flexibility index (Phi) is 5.69. The van der Waals surface area contributed by atoms with E-state index in [2.05, 4.69) is 36.1 Å². The molecule has 0 unspecified atom stereocenters. The maximum Gasteiger partial charge on any atom is 0.273 e. The summed E-state index contributed by atoms with van der Waals surface area (Å²) in [5, 5.41) is 16.3. The zero-order valence-electron chi connectivity index (χ0n) is 17.0. The Labute approximate surface area is 178 Å². The van der Waals surface area contributed by atoms with E-state index < -0.39 is 5.91 Å². The van der Waals surface area contributed by atoms with Crippen LogP contribution in [0.2, 0.25) is 0 Å². The van der Waals surface area contributed by atoms with Gasteiger partial charge < -0.3 is 20.7 Å². The largest absolute Gasteiger partial charge is 0.492 e. The van der Waals surface area contributed by atoms with Gasteiger partial charge in [0.1, 0.15) is 0 Å². The quantitative estimate of drug-likeness (QED) is 0.532. The summed E-state index contributed by atoms with van der Waals surface area (Å²) in [4.78, 5) is 33.1. The van der Waals surface area contributed by atoms with Crippen molar-refractivity contribution in [2.24, 2.45) is 5.92 Å². The van der Waals surface area contributed by atoms with Crippen molar-refractivity contribution in [3.05, 3.63) is 48.4 Å². The number of amides is 2. The zero-order chi connectivity index (χ0) is 21.8. The van der Waals surface area contributed by atoms with E-state index in [1.165, 1.54) is 14.2 Å². The number of hydrogen-bond acceptors (Lipinski definition) is 8. The normalized spacial score (nSPS) is 12.7. The highest BCUT2D eigenvalue weighted by Crippen LogP contribution is 2.36. The molecule has 3 heterocycles. The van der Waals surface area contributed by atoms with Gasteiger partial charge in [-0.1, -0.05) is 6.07 Å². The van der Waals surface area contributed by atoms with Crippen LogP contribution in [0, 0.1) is 5.92 Å². The second-order valence-electron chi connectivity index (χ2n) is 6.91. The van der Waals surface area contributed by atoms with E-state index in [0.29, 0.717) is 22.9 Å². The number of anilines is 3. The van der Waals surface area contributed by atoms with Crippen molar-refractivity contribution in [2.45, 2.75) is 12.8 Å². The number of pyridine rings is 2. The molecule has 1 aliphatic carbocycles. The molecule has 10 nitrogen and oxygen atoms in total. The molecule has 10 heteroatoms. The summed E-state index contributed by atoms with van der Waals surface area (Å²) in [5.41, 5.74) is 1.82. The molecule has 0 saturated heterocycles. The molecule has 0 aliphatic heterocycles. The topological polar surface area (TPSA) is 131 Å². The van der Waals surface area contributed by atoms with Gasteiger partial charge in [-0.25, -0.2) is 4.98 Å². The third-order valence-electron chi connectivity index (χ3n) is 4.74. The fourth-order valence-corrected chi connectivity index (χ4v) is 3.00. The van der Waals surface area contributed by atoms with Gasteiger partial charge in [-0.05, 0) is 31.0 Å². The van der Waals surface area contributed by atoms with Gasteiger partial charge in [0.05, 0.1) is 18.5 Å². The molecule has 2 amide bonds. The molecular weight excluding hydrogens is 398 g/mol. The maximum atomic E-state index is 12.3. The van der Waals surface area contributed by atoms with E-state index >= 15 is 0 Å². The first-order valence-electron chi connectivity index (χ1n) is 9.72. The standard InChI is InChI=1S/C21H21N7O3/c1-22-21(30)17-15(11-16(27-28-17)26-20(29)12-6-7-12)25-19-18(31-2)13(8-10-24-19)14-5-3-4-9-23-14/h3-5,8-12H,6-7H2,1-2H3,(H,22,30)(H2,24,25,26,27,29). The van der Waals surface area contributed by atoms with Crippen molar-refractivity contribution in [2.75, 3.05) is 24.8 Å². The van der Waals surface area contributed by atoms with Gasteiger partial charge in [-0.15, -0.1) is 10.2 Å². The molecule has 3 aromatic rings. The van der Waals surface area contributed by atoms with Crippen LogP contribution in [0.1, 0.15) is 23.3 Å². The first-order valence-corrected chi connectivity index (χ1v) is 9.72. The number of carbonyl (C=O) groups is 2. The second kappa shape index (κ2) is 8.74. The molecule has 4 rings (SSSR count). The Hall–Kier alpha value is -4.08. The number of methoxy groups -OCH3 is 1. The predicted octanol–water partition coefficient (Wildman–Crippen LogP) is 2.39. The van der Waals surface area contributed by atoms with Gasteiger partial charge in [-0.3, -0.25) is 14.6 Å². The highest BCUT2D eigenvalue weighted by atomic mass is 16.5. The fraction of sp³-hybridized carbons (Fsp3) is 0.238. The average molecular weight is 419 g/mol. The van der Waals surface area contributed by atoms with Gasteiger partial charge in [0.15, 0.2) is 23.1 Å². The van der Waals surface area contributed by atoms with E-state index in [0.717, 1.165) is 18.4 Å². The van der Waals surface area contributed by atoms with Crippen LogP contribution in [0.5, 0.6) is 5.75 Å². The molecule has 0 spiro atoms. The van der Waals surface area contributed by atoms with E-state index in [9.17, 15) is 9.59 Å². The lowest BCUT2D eigenvalue weighted by Crippen LogP contribution is -2.22. The van der Waals surface area contributed by atoms with Gasteiger partial charge in [0, 0.05) is 37.0 Å². The number of aromatic nitrogens is 4. The molecule has 31 heavy (non-hydrogen) atoms. The summed E-state index contributed by atoms with van der Waals surface area (Å²) in [6, 6.07) is 8.90. The van der Waals surface area contributed by atoms with Crippen molar-refractivity contribution in [3.8, 4) is 17.0 Å². The lowest BCUT2D eigenvalue weighted by Gasteiger charge is -2.15. The van der Waals surface area contributed by atoms with E-state index in [-0.39, 0.29) is 23.3 Å². The van der Waals surface area contributed by atoms with E-state index in [4.69, 9.17) is 4.74 Å². The van der Waals surface area contributed by atoms with Crippen molar-refractivity contribution < 1.29 is 14.3 Å². The number of ether oxygens (including phenoxy) is 1. The molecule has 1 fully saturated rings. The summed E-state index contributed by atoms with van der Waals surface area (Å²) < 4.78 is 5.59. The molecule has 0 radical (unpaired) electrons. The highest BCUT2D eigenvalue weighted by Gasteiger charge is 2.30. The summed E-state index contributed by atoms with van der Waals surface area (Å²) >= 11 is 0. The molecule has 158 valence electrons. The Morgan fingerprint density at radius 1 is 1.10 bits per heavy atom. The summed E-state index contributed by atoms with van der Waals surface area (Å²) in [7, 11) is 3.03. The van der Waals surface area contributed by atoms with Crippen molar-refractivity contribution in [1.82, 2.24) is 25.5 Å². The average Bonchev–Trinajstić information content (AvgIpc) is 3.65. The van der Waals surface area contributed by atoms with Crippen molar-refractivity contribution in [3.63, 3.8) is 0 Å². The van der Waals surface area contributed by atoms with Gasteiger partial charge in [-0.2, -0.15) is 0 Å². The van der Waals surface area contributed by atoms with Crippen LogP contribution in [0.15, 0.2) is 42.7 Å². The first-order chi connectivity index (χ1) is 15.1. The molecule has 3 N–H and O–H groups in total. The molecule has 3 aromatic heterocycles. The molecule has 0 atom stereocenters. The third-order valence-corrected chi connectivity index (χ3v) is 4.74. The summed E-state index contributed by atoms with van der Waals surface area (Å²) in [6.07, 6.45) is 5.02. The van der Waals surface area contributed by atoms with Gasteiger partial charge in [0.25, 0.3) is 5.91 Å². The highest BCUT2D eigenvalue weighted by molar-refractivity contribution is 5.99. The van der Waals surface area contributed by atoms with Crippen LogP contribution in [-0.4, -0.2) is 46.1 Å². The fourth-order valence-electron chi connectivity index (χ4n) is 3.00. The van der Waals surface area contributed by atoms with Crippen molar-refractivity contribution >= 4 is 29.1 Å². The summed E-state index contributed by atoms with van der Waals surface area (Å²) in [6.45, 7) is 0. The second-order valence-corrected chi connectivity index (χ2v) is 6.91. The van der Waals surface area contributed by atoms with E-state index in [1.54, 1.807) is 24.5 Å². The minimum Gasteiger partial charge on any atom is -0.492 e. The Morgan fingerprint density at radius 2 is 1.94 bits per heavy atom. The molecule has 0 aromatic carbocycles. The van der Waals surface area contributed by atoms with Crippen LogP contribution in [0.4, 0.5) is 17.3 Å². The number of carbonyl (C=O) groups excluding carboxylic acids is 2. The van der Waals surface area contributed by atoms with Crippen LogP contribution in [0.25, 0.3) is 11.3 Å². The summed E-state index contributed by atoms with van der Waals surface area (Å²) in [5.74, 6) is 0.518. The molecule has 0 bridgehead atoms. The molecule has 1 aliphatic rings. The Bertz CT molecular complexity index is 1120. The SMILES string of the molecule is CNC(=O)c1nnc(NC(=O)C2CC2)cc1Nc1nccc(-c2ccccn2)c1OC. The van der Waals surface area contributed by atoms with Crippen LogP contribution in [0.3, 0.4) is 0 Å². The predicted molar refractivity (Wildman–Crippen MR) is 114 cm³/mol. The Morgan fingerprint density at radius 3 is 2.61 bits per heavy atom. The van der Waals surface area contributed by atoms with Crippen LogP contribution in [-0.2, 0) is 4.79 Å². The first kappa shape index (κ1) is 20.2. The smallest absolute Gasteiger partial charge is 0.273 e. The van der Waals surface area contributed by atoms with Gasteiger partial charge in [0.2, 0.25) is 5.91 Å². The minimum absolute atomic E-state index is 0.00800. The maximum absolute atomic E-state index is 12.3. The van der Waals surface area contributed by atoms with Crippen molar-refractivity contribution in [1.29, 1.82) is 0 Å². The van der Waals surface area contributed by atoms with E-state index in [1.807, 2.05) is 18.2 Å². The zero-order valence-corrected chi connectivity index (χ0v) is 17.0. The lowest BCUT2D eigenvalue weighted by molar-refractivity contribution is -0.117. The van der Waals surface area contributed by atoms with Crippen LogP contribution >= 0.6 is 0 Å².